The molecule has 0 unspecified atom stereocenters. The minimum absolute atomic E-state index is 0.0948. The molecule has 0 saturated heterocycles. The third-order valence-electron chi connectivity index (χ3n) is 1.14. The lowest BCUT2D eigenvalue weighted by Crippen LogP contribution is -2.19. The van der Waals surface area contributed by atoms with Crippen LogP contribution in [-0.4, -0.2) is 44.1 Å². The van der Waals surface area contributed by atoms with Crippen LogP contribution in [0.15, 0.2) is 0 Å². The largest absolute Gasteiger partial charge is 0.509 e. The standard InChI is InChI=1S/C6H13NO5S2/c1-4-11-6(8)12-5-13-7(2)14(3,9)10/h4-5H2,1-3H3. The Bertz CT molecular complexity index is 276. The van der Waals surface area contributed by atoms with Gasteiger partial charge in [-0.2, -0.15) is 0 Å². The highest BCUT2D eigenvalue weighted by Crippen LogP contribution is 2.11. The van der Waals surface area contributed by atoms with Gasteiger partial charge in [0, 0.05) is 7.05 Å². The first kappa shape index (κ1) is 13.5. The average molecular weight is 243 g/mol. The molecule has 0 aromatic rings. The van der Waals surface area contributed by atoms with Gasteiger partial charge in [-0.15, -0.1) is 3.71 Å². The predicted octanol–water partition coefficient (Wildman–Crippen LogP) is 0.657. The summed E-state index contributed by atoms with van der Waals surface area (Å²) in [6.45, 7) is 1.88. The Kier molecular flexibility index (Phi) is 5.89. The molecule has 0 aliphatic heterocycles. The van der Waals surface area contributed by atoms with E-state index in [1.54, 1.807) is 6.92 Å². The third kappa shape index (κ3) is 6.06. The number of hydrogen-bond acceptors (Lipinski definition) is 6. The summed E-state index contributed by atoms with van der Waals surface area (Å²) < 4.78 is 31.7. The molecule has 0 N–H and O–H groups in total. The molecule has 0 spiro atoms. The summed E-state index contributed by atoms with van der Waals surface area (Å²) in [5.41, 5.74) is 0. The summed E-state index contributed by atoms with van der Waals surface area (Å²) in [7, 11) is -1.88. The van der Waals surface area contributed by atoms with Gasteiger partial charge in [-0.25, -0.2) is 13.2 Å². The van der Waals surface area contributed by atoms with Crippen molar-refractivity contribution in [3.63, 3.8) is 0 Å². The molecular formula is C6H13NO5S2. The first-order chi connectivity index (χ1) is 6.38. The molecule has 0 atom stereocenters. The van der Waals surface area contributed by atoms with Gasteiger partial charge in [0.05, 0.1) is 12.9 Å². The molecule has 0 bridgehead atoms. The molecular weight excluding hydrogens is 230 g/mol. The van der Waals surface area contributed by atoms with Crippen molar-refractivity contribution in [3.8, 4) is 0 Å². The molecule has 0 aromatic heterocycles. The Morgan fingerprint density at radius 2 is 2.00 bits per heavy atom. The number of nitrogens with zero attached hydrogens (tertiary/aromatic N) is 1. The highest BCUT2D eigenvalue weighted by atomic mass is 32.3. The van der Waals surface area contributed by atoms with Gasteiger partial charge in [0.25, 0.3) is 0 Å². The van der Waals surface area contributed by atoms with Crippen molar-refractivity contribution < 1.29 is 22.7 Å². The second kappa shape index (κ2) is 6.10. The summed E-state index contributed by atoms with van der Waals surface area (Å²) in [5, 5.41) is 0. The number of ether oxygens (including phenoxy) is 2. The normalized spacial score (nSPS) is 11.4. The van der Waals surface area contributed by atoms with Gasteiger partial charge in [-0.05, 0) is 18.9 Å². The van der Waals surface area contributed by atoms with E-state index >= 15 is 0 Å². The second-order valence-corrected chi connectivity index (χ2v) is 5.53. The molecule has 0 amide bonds. The van der Waals surface area contributed by atoms with Crippen LogP contribution in [0.1, 0.15) is 6.92 Å². The molecule has 14 heavy (non-hydrogen) atoms. The van der Waals surface area contributed by atoms with Crippen molar-refractivity contribution >= 4 is 28.1 Å². The number of sulfonamides is 1. The Labute approximate surface area is 87.7 Å². The first-order valence-corrected chi connectivity index (χ1v) is 6.53. The maximum Gasteiger partial charge on any atom is 0.509 e. The van der Waals surface area contributed by atoms with Gasteiger partial charge < -0.3 is 9.47 Å². The fourth-order valence-electron chi connectivity index (χ4n) is 0.404. The molecule has 0 aliphatic carbocycles. The van der Waals surface area contributed by atoms with Crippen molar-refractivity contribution in [2.45, 2.75) is 6.92 Å². The zero-order valence-corrected chi connectivity index (χ0v) is 9.85. The molecule has 8 heteroatoms. The van der Waals surface area contributed by atoms with Gasteiger partial charge in [0.1, 0.15) is 0 Å². The maximum atomic E-state index is 10.9. The summed E-state index contributed by atoms with van der Waals surface area (Å²) >= 11 is 0.860. The van der Waals surface area contributed by atoms with Gasteiger partial charge >= 0.3 is 6.16 Å². The van der Waals surface area contributed by atoms with Crippen molar-refractivity contribution in [2.75, 3.05) is 25.8 Å². The van der Waals surface area contributed by atoms with Gasteiger partial charge in [-0.1, -0.05) is 0 Å². The van der Waals surface area contributed by atoms with E-state index in [-0.39, 0.29) is 12.5 Å². The maximum absolute atomic E-state index is 10.9. The number of rotatable bonds is 5. The van der Waals surface area contributed by atoms with E-state index < -0.39 is 16.2 Å². The highest BCUT2D eigenvalue weighted by molar-refractivity contribution is 8.08. The quantitative estimate of drug-likeness (QED) is 0.401. The lowest BCUT2D eigenvalue weighted by atomic mass is 10.9. The van der Waals surface area contributed by atoms with E-state index in [4.69, 9.17) is 0 Å². The summed E-state index contributed by atoms with van der Waals surface area (Å²) in [4.78, 5) is 10.6. The molecule has 84 valence electrons. The summed E-state index contributed by atoms with van der Waals surface area (Å²) in [5.74, 6) is -0.0948. The topological polar surface area (TPSA) is 72.9 Å². The van der Waals surface area contributed by atoms with E-state index in [1.165, 1.54) is 7.05 Å². The van der Waals surface area contributed by atoms with Crippen LogP contribution in [0.3, 0.4) is 0 Å². The van der Waals surface area contributed by atoms with Crippen molar-refractivity contribution in [3.05, 3.63) is 0 Å². The lowest BCUT2D eigenvalue weighted by molar-refractivity contribution is 0.0727. The van der Waals surface area contributed by atoms with Crippen LogP contribution in [0.2, 0.25) is 0 Å². The molecule has 0 heterocycles. The fraction of sp³-hybridized carbons (Fsp3) is 0.833. The summed E-state index contributed by atoms with van der Waals surface area (Å²) in [6, 6.07) is 0. The monoisotopic (exact) mass is 243 g/mol. The minimum atomic E-state index is -3.25. The average Bonchev–Trinajstić information content (AvgIpc) is 2.02. The Hall–Kier alpha value is -0.470. The predicted molar refractivity (Wildman–Crippen MR) is 53.2 cm³/mol. The van der Waals surface area contributed by atoms with Gasteiger partial charge in [0.2, 0.25) is 10.0 Å². The Morgan fingerprint density at radius 3 is 2.43 bits per heavy atom. The molecule has 0 aliphatic rings. The molecule has 0 saturated carbocycles. The van der Waals surface area contributed by atoms with Crippen LogP contribution >= 0.6 is 11.9 Å². The molecule has 0 fully saturated rings. The molecule has 0 rings (SSSR count). The van der Waals surface area contributed by atoms with Crippen LogP contribution in [0.4, 0.5) is 4.79 Å². The van der Waals surface area contributed by atoms with E-state index in [2.05, 4.69) is 9.47 Å². The lowest BCUT2D eigenvalue weighted by Gasteiger charge is -2.12. The minimum Gasteiger partial charge on any atom is -0.435 e. The summed E-state index contributed by atoms with van der Waals surface area (Å²) in [6.07, 6.45) is 0.256. The zero-order chi connectivity index (χ0) is 11.2. The Balaban J connectivity index is 3.70. The van der Waals surface area contributed by atoms with Crippen molar-refractivity contribution in [1.29, 1.82) is 0 Å². The van der Waals surface area contributed by atoms with Crippen LogP contribution in [-0.2, 0) is 19.5 Å². The van der Waals surface area contributed by atoms with Crippen LogP contribution in [0.25, 0.3) is 0 Å². The third-order valence-corrected chi connectivity index (χ3v) is 3.79. The SMILES string of the molecule is CCOC(=O)OCSN(C)S(C)(=O)=O. The highest BCUT2D eigenvalue weighted by Gasteiger charge is 2.12. The van der Waals surface area contributed by atoms with E-state index in [0.717, 1.165) is 21.9 Å². The van der Waals surface area contributed by atoms with Crippen molar-refractivity contribution in [2.24, 2.45) is 0 Å². The molecule has 0 aromatic carbocycles. The molecule has 6 nitrogen and oxygen atoms in total. The van der Waals surface area contributed by atoms with Gasteiger partial charge in [-0.3, -0.25) is 0 Å². The smallest absolute Gasteiger partial charge is 0.435 e. The zero-order valence-electron chi connectivity index (χ0n) is 8.22. The number of carbonyl (C=O) groups is 1. The Morgan fingerprint density at radius 1 is 1.43 bits per heavy atom. The van der Waals surface area contributed by atoms with Gasteiger partial charge in [0.15, 0.2) is 5.94 Å². The fourth-order valence-corrected chi connectivity index (χ4v) is 1.60. The first-order valence-electron chi connectivity index (χ1n) is 3.74. The molecule has 0 radical (unpaired) electrons. The van der Waals surface area contributed by atoms with E-state index in [1.807, 2.05) is 0 Å². The van der Waals surface area contributed by atoms with Crippen molar-refractivity contribution in [1.82, 2.24) is 3.71 Å². The van der Waals surface area contributed by atoms with E-state index in [0.29, 0.717) is 0 Å². The van der Waals surface area contributed by atoms with Crippen LogP contribution in [0.5, 0.6) is 0 Å². The van der Waals surface area contributed by atoms with Crippen LogP contribution in [0, 0.1) is 0 Å². The van der Waals surface area contributed by atoms with Crippen LogP contribution < -0.4 is 0 Å². The van der Waals surface area contributed by atoms with E-state index in [9.17, 15) is 13.2 Å². The number of carbonyl (C=O) groups excluding carboxylic acids is 1. The second-order valence-electron chi connectivity index (χ2n) is 2.25. The number of hydrogen-bond donors (Lipinski definition) is 0.